The predicted molar refractivity (Wildman–Crippen MR) is 200 cm³/mol. The molecule has 234 valence electrons. The van der Waals surface area contributed by atoms with E-state index in [1.807, 2.05) is 6.20 Å². The monoisotopic (exact) mass is 651 g/mol. The molecule has 6 heteroatoms. The Morgan fingerprint density at radius 1 is 0.549 bits per heavy atom. The second-order valence-electron chi connectivity index (χ2n) is 14.5. The van der Waals surface area contributed by atoms with Crippen molar-refractivity contribution in [2.24, 2.45) is 7.05 Å². The van der Waals surface area contributed by atoms with Gasteiger partial charge in [0.2, 0.25) is 22.4 Å². The SMILES string of the molecule is Cn1c2[n+](c3ccccc31)[N+]13c4c-2cccc4C2(c4ccccc4-c4ccccc42)c2ccc4c5ncccc5n5c6ccccc6[n+]1c5c4c23. The minimum atomic E-state index is -0.516. The molecule has 6 aromatic carbocycles. The second-order valence-corrected chi connectivity index (χ2v) is 14.5. The molecule has 0 saturated carbocycles. The molecule has 51 heavy (non-hydrogen) atoms. The zero-order chi connectivity index (χ0) is 33.0. The summed E-state index contributed by atoms with van der Waals surface area (Å²) in [4.78, 5) is 5.13. The number of aryl methyl sites for hydroxylation is 1. The van der Waals surface area contributed by atoms with Crippen molar-refractivity contribution in [1.82, 2.24) is 18.7 Å². The van der Waals surface area contributed by atoms with Gasteiger partial charge in [-0.1, -0.05) is 97.1 Å². The Kier molecular flexibility index (Phi) is 3.92. The van der Waals surface area contributed by atoms with Crippen molar-refractivity contribution in [3.05, 3.63) is 168 Å². The highest BCUT2D eigenvalue weighted by Crippen LogP contribution is 2.68. The highest BCUT2D eigenvalue weighted by Gasteiger charge is 2.73. The second kappa shape index (κ2) is 7.88. The number of para-hydroxylation sites is 5. The fraction of sp³-hybridized carbons (Fsp3) is 0.0444. The van der Waals surface area contributed by atoms with Crippen LogP contribution >= 0.6 is 0 Å². The smallest absolute Gasteiger partial charge is 0.252 e. The van der Waals surface area contributed by atoms with E-state index in [9.17, 15) is 0 Å². The van der Waals surface area contributed by atoms with E-state index in [0.29, 0.717) is 4.70 Å². The number of aromatic nitrogens is 5. The first-order chi connectivity index (χ1) is 25.3. The number of hydrogen-bond donors (Lipinski definition) is 0. The van der Waals surface area contributed by atoms with Crippen molar-refractivity contribution in [2.75, 3.05) is 0 Å². The van der Waals surface area contributed by atoms with Crippen molar-refractivity contribution >= 4 is 60.9 Å². The molecule has 0 amide bonds. The summed E-state index contributed by atoms with van der Waals surface area (Å²) in [6, 6.07) is 52.3. The lowest BCUT2D eigenvalue weighted by atomic mass is 9.64. The Balaban J connectivity index is 1.36. The average molecular weight is 652 g/mol. The van der Waals surface area contributed by atoms with Gasteiger partial charge in [-0.05, 0) is 64.7 Å². The summed E-state index contributed by atoms with van der Waals surface area (Å²) in [5.74, 6) is 1.21. The molecule has 0 fully saturated rings. The lowest BCUT2D eigenvalue weighted by molar-refractivity contribution is -1.000. The molecule has 0 radical (unpaired) electrons. The van der Waals surface area contributed by atoms with Crippen LogP contribution in [0.4, 0.5) is 11.4 Å². The predicted octanol–water partition coefficient (Wildman–Crippen LogP) is 8.40. The third kappa shape index (κ3) is 2.31. The van der Waals surface area contributed by atoms with E-state index in [4.69, 9.17) is 4.98 Å². The lowest BCUT2D eigenvalue weighted by Gasteiger charge is -2.40. The van der Waals surface area contributed by atoms with Crippen molar-refractivity contribution < 1.29 is 9.35 Å². The van der Waals surface area contributed by atoms with Gasteiger partial charge in [0.25, 0.3) is 0 Å². The number of fused-ring (bicyclic) bond motifs is 17. The van der Waals surface area contributed by atoms with Crippen LogP contribution in [-0.2, 0) is 12.5 Å². The molecule has 14 rings (SSSR count). The summed E-state index contributed by atoms with van der Waals surface area (Å²) < 4.78 is 10.6. The van der Waals surface area contributed by atoms with Crippen molar-refractivity contribution in [1.29, 1.82) is 0 Å². The number of imidazole rings is 2. The van der Waals surface area contributed by atoms with Crippen LogP contribution in [0.5, 0.6) is 0 Å². The Morgan fingerprint density at radius 2 is 1.18 bits per heavy atom. The van der Waals surface area contributed by atoms with Crippen LogP contribution < -0.4 is 14.1 Å². The van der Waals surface area contributed by atoms with Crippen molar-refractivity contribution in [3.63, 3.8) is 0 Å². The first-order valence-electron chi connectivity index (χ1n) is 17.7. The molecule has 10 aromatic rings. The van der Waals surface area contributed by atoms with E-state index in [2.05, 4.69) is 165 Å². The van der Waals surface area contributed by atoms with Crippen LogP contribution in [0.2, 0.25) is 0 Å². The van der Waals surface area contributed by atoms with Crippen LogP contribution in [0, 0.1) is 0 Å². The van der Waals surface area contributed by atoms with E-state index in [1.165, 1.54) is 94.6 Å². The molecule has 7 heterocycles. The summed E-state index contributed by atoms with van der Waals surface area (Å²) in [6.07, 6.45) is 1.95. The molecular weight excluding hydrogens is 625 g/mol. The molecule has 0 N–H and O–H groups in total. The fourth-order valence-electron chi connectivity index (χ4n) is 11.1. The van der Waals surface area contributed by atoms with Gasteiger partial charge in [0.1, 0.15) is 16.5 Å². The first-order valence-corrected chi connectivity index (χ1v) is 17.7. The zero-order valence-corrected chi connectivity index (χ0v) is 27.5. The fourth-order valence-corrected chi connectivity index (χ4v) is 11.1. The summed E-state index contributed by atoms with van der Waals surface area (Å²) in [5, 5.41) is 2.46. The minimum absolute atomic E-state index is 0.420. The number of rotatable bonds is 0. The number of hydrogen-bond acceptors (Lipinski definition) is 1. The Labute approximate surface area is 291 Å². The summed E-state index contributed by atoms with van der Waals surface area (Å²) in [7, 11) is 2.24. The number of benzene rings is 6. The molecule has 6 nitrogen and oxygen atoms in total. The molecule has 1 aliphatic carbocycles. The Morgan fingerprint density at radius 3 is 1.98 bits per heavy atom. The van der Waals surface area contributed by atoms with Gasteiger partial charge in [0.05, 0.1) is 17.2 Å². The largest absolute Gasteiger partial charge is 0.358 e. The molecule has 3 aliphatic heterocycles. The first kappa shape index (κ1) is 25.4. The van der Waals surface area contributed by atoms with Gasteiger partial charge in [-0.15, -0.1) is 0 Å². The van der Waals surface area contributed by atoms with Crippen LogP contribution in [0.1, 0.15) is 22.3 Å². The maximum Gasteiger partial charge on any atom is 0.358 e. The van der Waals surface area contributed by atoms with Gasteiger partial charge in [-0.2, -0.15) is 4.40 Å². The molecule has 4 aliphatic rings. The highest BCUT2D eigenvalue weighted by atomic mass is 15.9. The third-order valence-corrected chi connectivity index (χ3v) is 12.7. The Bertz CT molecular complexity index is 3300. The molecule has 0 saturated heterocycles. The van der Waals surface area contributed by atoms with Gasteiger partial charge >= 0.3 is 11.5 Å². The molecule has 2 spiro atoms. The molecule has 1 atom stereocenters. The van der Waals surface area contributed by atoms with E-state index in [1.54, 1.807) is 0 Å². The van der Waals surface area contributed by atoms with E-state index < -0.39 is 5.41 Å². The van der Waals surface area contributed by atoms with E-state index >= 15 is 0 Å². The topological polar surface area (TPSA) is 30.0 Å². The van der Waals surface area contributed by atoms with Gasteiger partial charge in [-0.25, -0.2) is 4.57 Å². The quantitative estimate of drug-likeness (QED) is 0.0921. The number of nitrogens with zero attached hydrogens (tertiary/aromatic N) is 6. The van der Waals surface area contributed by atoms with Crippen molar-refractivity contribution in [3.8, 4) is 22.5 Å². The molecule has 0 bridgehead atoms. The third-order valence-electron chi connectivity index (χ3n) is 12.7. The minimum Gasteiger partial charge on any atom is -0.252 e. The van der Waals surface area contributed by atoms with Crippen molar-refractivity contribution in [2.45, 2.75) is 5.41 Å². The normalized spacial score (nSPS) is 17.7. The molecular formula is C45H27N6+3. The van der Waals surface area contributed by atoms with Crippen LogP contribution in [0.15, 0.2) is 146 Å². The van der Waals surface area contributed by atoms with Crippen LogP contribution in [-0.4, -0.2) is 14.0 Å². The van der Waals surface area contributed by atoms with E-state index in [-0.39, 0.29) is 0 Å². The Hall–Kier alpha value is -6.63. The summed E-state index contributed by atoms with van der Waals surface area (Å²) in [6.45, 7) is 0. The highest BCUT2D eigenvalue weighted by molar-refractivity contribution is 6.19. The van der Waals surface area contributed by atoms with Gasteiger partial charge in [0.15, 0.2) is 16.6 Å². The average Bonchev–Trinajstić information content (AvgIpc) is 3.95. The van der Waals surface area contributed by atoms with Crippen LogP contribution in [0.3, 0.4) is 0 Å². The maximum atomic E-state index is 5.13. The van der Waals surface area contributed by atoms with Gasteiger partial charge < -0.3 is 0 Å². The maximum absolute atomic E-state index is 5.13. The summed E-state index contributed by atoms with van der Waals surface area (Å²) >= 11 is 0. The van der Waals surface area contributed by atoms with Gasteiger partial charge in [0, 0.05) is 32.1 Å². The standard InChI is InChI=1S/C45H27N6/c1-47-34-18-6-8-20-36(34)49-43(47)29-14-10-17-32-41(29)51(49)42-33(45(32)30-15-4-2-12-26(30)27-13-3-5-16-31(27)45)24-23-28-39(42)44-48(38-22-11-25-46-40(28)38)35-19-7-9-21-37(35)50(44)51/h2-25H,1H3/q+3. The number of quaternary nitrogens is 1. The lowest BCUT2D eigenvalue weighted by Crippen LogP contribution is -2.82. The number of pyridine rings is 2. The van der Waals surface area contributed by atoms with E-state index in [0.717, 1.165) is 11.0 Å². The molecule has 1 unspecified atom stereocenters. The zero-order valence-electron chi connectivity index (χ0n) is 27.5. The summed E-state index contributed by atoms with van der Waals surface area (Å²) in [5.41, 5.74) is 19.5. The van der Waals surface area contributed by atoms with Gasteiger partial charge in [-0.3, -0.25) is 4.98 Å². The van der Waals surface area contributed by atoms with Crippen LogP contribution in [0.25, 0.3) is 72.0 Å². The molecule has 4 aromatic heterocycles.